The van der Waals surface area contributed by atoms with Crippen molar-refractivity contribution in [1.82, 2.24) is 5.32 Å². The van der Waals surface area contributed by atoms with Crippen LogP contribution in [0.15, 0.2) is 0 Å². The van der Waals surface area contributed by atoms with E-state index < -0.39 is 23.2 Å². The molecular weight excluding hydrogens is 246 g/mol. The van der Waals surface area contributed by atoms with Crippen LogP contribution in [0.2, 0.25) is 0 Å². The fourth-order valence-electron chi connectivity index (χ4n) is 0.929. The summed E-state index contributed by atoms with van der Waals surface area (Å²) >= 11 is 5.71. The zero-order valence-corrected chi connectivity index (χ0v) is 11.5. The number of carbonyl (C=O) groups is 2. The van der Waals surface area contributed by atoms with Crippen LogP contribution < -0.4 is 5.32 Å². The lowest BCUT2D eigenvalue weighted by molar-refractivity contribution is -0.144. The molecule has 0 aliphatic rings. The van der Waals surface area contributed by atoms with Gasteiger partial charge in [0.05, 0.1) is 0 Å². The molecule has 0 saturated heterocycles. The minimum Gasteiger partial charge on any atom is -0.445 e. The van der Waals surface area contributed by atoms with Gasteiger partial charge in [-0.3, -0.25) is 4.79 Å². The molecule has 17 heavy (non-hydrogen) atoms. The van der Waals surface area contributed by atoms with Crippen LogP contribution >= 0.6 is 11.6 Å². The normalized spacial score (nSPS) is 12.8. The molecule has 0 saturated carbocycles. The molecule has 1 N–H and O–H groups in total. The van der Waals surface area contributed by atoms with Crippen molar-refractivity contribution < 1.29 is 19.1 Å². The van der Waals surface area contributed by atoms with Gasteiger partial charge < -0.3 is 14.8 Å². The highest BCUT2D eigenvalue weighted by Gasteiger charge is 2.17. The summed E-state index contributed by atoms with van der Waals surface area (Å²) in [5, 5.41) is 2.29. The van der Waals surface area contributed by atoms with Crippen molar-refractivity contribution in [2.45, 2.75) is 51.7 Å². The summed E-state index contributed by atoms with van der Waals surface area (Å²) in [7, 11) is 0. The van der Waals surface area contributed by atoms with E-state index in [-0.39, 0.29) is 6.54 Å². The summed E-state index contributed by atoms with van der Waals surface area (Å²) in [6.07, 6.45) is 0.747. The fourth-order valence-corrected chi connectivity index (χ4v) is 1.25. The molecule has 0 spiro atoms. The van der Waals surface area contributed by atoms with Gasteiger partial charge in [0, 0.05) is 0 Å². The first-order valence-corrected chi connectivity index (χ1v) is 5.98. The number of alkyl carbamates (subject to hydrolysis) is 1. The summed E-state index contributed by atoms with van der Waals surface area (Å²) in [4.78, 5) is 22.4. The van der Waals surface area contributed by atoms with E-state index in [0.717, 1.165) is 6.42 Å². The molecule has 0 aromatic heterocycles. The SMILES string of the molecule is CCCC(Cl)OC(=O)CNC(=O)OC(C)(C)C. The first-order valence-electron chi connectivity index (χ1n) is 5.55. The second kappa shape index (κ2) is 7.37. The van der Waals surface area contributed by atoms with Gasteiger partial charge in [-0.15, -0.1) is 0 Å². The van der Waals surface area contributed by atoms with Gasteiger partial charge in [0.1, 0.15) is 12.1 Å². The zero-order valence-electron chi connectivity index (χ0n) is 10.7. The van der Waals surface area contributed by atoms with E-state index in [1.807, 2.05) is 6.92 Å². The standard InChI is InChI=1S/C11H20ClNO4/c1-5-6-8(12)16-9(14)7-13-10(15)17-11(2,3)4/h8H,5-7H2,1-4H3,(H,13,15). The average Bonchev–Trinajstić information content (AvgIpc) is 2.12. The van der Waals surface area contributed by atoms with Crippen molar-refractivity contribution in [2.24, 2.45) is 0 Å². The molecule has 0 aliphatic carbocycles. The second-order valence-corrected chi connectivity index (χ2v) is 5.03. The van der Waals surface area contributed by atoms with Gasteiger partial charge in [-0.25, -0.2) is 4.79 Å². The number of rotatable bonds is 5. The number of amides is 1. The Morgan fingerprint density at radius 1 is 1.35 bits per heavy atom. The van der Waals surface area contributed by atoms with E-state index in [9.17, 15) is 9.59 Å². The van der Waals surface area contributed by atoms with Gasteiger partial charge in [-0.2, -0.15) is 0 Å². The maximum absolute atomic E-state index is 11.2. The maximum atomic E-state index is 11.2. The highest BCUT2D eigenvalue weighted by molar-refractivity contribution is 6.20. The van der Waals surface area contributed by atoms with E-state index in [4.69, 9.17) is 21.1 Å². The zero-order chi connectivity index (χ0) is 13.5. The monoisotopic (exact) mass is 265 g/mol. The van der Waals surface area contributed by atoms with Crippen molar-refractivity contribution in [3.63, 3.8) is 0 Å². The molecule has 0 radical (unpaired) electrons. The van der Waals surface area contributed by atoms with Gasteiger partial charge in [0.15, 0.2) is 5.56 Å². The van der Waals surface area contributed by atoms with E-state index in [0.29, 0.717) is 6.42 Å². The molecule has 0 bridgehead atoms. The van der Waals surface area contributed by atoms with Crippen LogP contribution in [0.3, 0.4) is 0 Å². The molecule has 0 heterocycles. The number of hydrogen-bond acceptors (Lipinski definition) is 4. The first kappa shape index (κ1) is 16.0. The highest BCUT2D eigenvalue weighted by Crippen LogP contribution is 2.07. The van der Waals surface area contributed by atoms with Gasteiger partial charge >= 0.3 is 12.1 Å². The molecule has 1 atom stereocenters. The highest BCUT2D eigenvalue weighted by atomic mass is 35.5. The van der Waals surface area contributed by atoms with Crippen molar-refractivity contribution in [1.29, 1.82) is 0 Å². The fraction of sp³-hybridized carbons (Fsp3) is 0.818. The number of carbonyl (C=O) groups excluding carboxylic acids is 2. The summed E-state index contributed by atoms with van der Waals surface area (Å²) in [6, 6.07) is 0. The topological polar surface area (TPSA) is 64.6 Å². The van der Waals surface area contributed by atoms with Crippen LogP contribution in [0.25, 0.3) is 0 Å². The van der Waals surface area contributed by atoms with Crippen molar-refractivity contribution >= 4 is 23.7 Å². The molecule has 0 fully saturated rings. The van der Waals surface area contributed by atoms with Gasteiger partial charge in [0.25, 0.3) is 0 Å². The summed E-state index contributed by atoms with van der Waals surface area (Å²) in [5.41, 5.74) is -1.24. The molecule has 5 nitrogen and oxygen atoms in total. The van der Waals surface area contributed by atoms with Gasteiger partial charge in [0.2, 0.25) is 0 Å². The number of halogens is 1. The van der Waals surface area contributed by atoms with Gasteiger partial charge in [-0.05, 0) is 27.2 Å². The summed E-state index contributed by atoms with van der Waals surface area (Å²) in [6.45, 7) is 6.90. The third kappa shape index (κ3) is 9.93. The number of alkyl halides is 1. The number of nitrogens with one attached hydrogen (secondary N) is 1. The Hall–Kier alpha value is -0.970. The van der Waals surface area contributed by atoms with E-state index >= 15 is 0 Å². The smallest absolute Gasteiger partial charge is 0.408 e. The van der Waals surface area contributed by atoms with Crippen LogP contribution in [0.5, 0.6) is 0 Å². The predicted octanol–water partition coefficient (Wildman–Crippen LogP) is 2.42. The van der Waals surface area contributed by atoms with Crippen LogP contribution in [0.4, 0.5) is 4.79 Å². The second-order valence-electron chi connectivity index (χ2n) is 4.54. The lowest BCUT2D eigenvalue weighted by atomic mass is 10.2. The molecule has 100 valence electrons. The minimum absolute atomic E-state index is 0.248. The maximum Gasteiger partial charge on any atom is 0.408 e. The lowest BCUT2D eigenvalue weighted by Crippen LogP contribution is -2.36. The van der Waals surface area contributed by atoms with E-state index in [1.54, 1.807) is 20.8 Å². The summed E-state index contributed by atoms with van der Waals surface area (Å²) < 4.78 is 9.78. The first-order chi connectivity index (χ1) is 7.74. The molecule has 6 heteroatoms. The number of hydrogen-bond donors (Lipinski definition) is 1. The van der Waals surface area contributed by atoms with Crippen LogP contribution in [-0.4, -0.2) is 29.8 Å². The molecule has 1 unspecified atom stereocenters. The molecule has 0 aromatic carbocycles. The summed E-state index contributed by atoms with van der Waals surface area (Å²) in [5.74, 6) is -0.579. The van der Waals surface area contributed by atoms with Gasteiger partial charge in [-0.1, -0.05) is 24.9 Å². The van der Waals surface area contributed by atoms with E-state index in [2.05, 4.69) is 5.32 Å². The molecular formula is C11H20ClNO4. The number of ether oxygens (including phenoxy) is 2. The third-order valence-electron chi connectivity index (χ3n) is 1.55. The van der Waals surface area contributed by atoms with Crippen molar-refractivity contribution in [2.75, 3.05) is 6.54 Å². The predicted molar refractivity (Wildman–Crippen MR) is 64.9 cm³/mol. The van der Waals surface area contributed by atoms with Crippen LogP contribution in [0.1, 0.15) is 40.5 Å². The Morgan fingerprint density at radius 3 is 2.41 bits per heavy atom. The largest absolute Gasteiger partial charge is 0.445 e. The molecule has 0 aromatic rings. The number of esters is 1. The van der Waals surface area contributed by atoms with Crippen molar-refractivity contribution in [3.8, 4) is 0 Å². The Morgan fingerprint density at radius 2 is 1.94 bits per heavy atom. The quantitative estimate of drug-likeness (QED) is 0.612. The Bertz CT molecular complexity index is 263. The Kier molecular flexibility index (Phi) is 6.95. The third-order valence-corrected chi connectivity index (χ3v) is 1.86. The Labute approximate surface area is 107 Å². The Balaban J connectivity index is 3.81. The minimum atomic E-state index is -0.656. The molecule has 0 aliphatic heterocycles. The molecule has 1 amide bonds. The van der Waals surface area contributed by atoms with Crippen molar-refractivity contribution in [3.05, 3.63) is 0 Å². The lowest BCUT2D eigenvalue weighted by Gasteiger charge is -2.19. The van der Waals surface area contributed by atoms with Crippen LogP contribution in [-0.2, 0) is 14.3 Å². The average molecular weight is 266 g/mol. The van der Waals surface area contributed by atoms with E-state index in [1.165, 1.54) is 0 Å². The molecule has 0 rings (SSSR count). The van der Waals surface area contributed by atoms with Crippen LogP contribution in [0, 0.1) is 0 Å².